The Morgan fingerprint density at radius 1 is 0.475 bits per heavy atom. The van der Waals surface area contributed by atoms with Gasteiger partial charge in [-0.15, -0.1) is 12.1 Å². The summed E-state index contributed by atoms with van der Waals surface area (Å²) in [7, 11) is 0. The number of fused-ring (bicyclic) bond motifs is 3. The molecule has 0 nitrogen and oxygen atoms in total. The Bertz CT molecular complexity index is 908. The van der Waals surface area contributed by atoms with Gasteiger partial charge in [0, 0.05) is 32.7 Å². The van der Waals surface area contributed by atoms with Gasteiger partial charge in [-0.1, -0.05) is 147 Å². The second-order valence-corrected chi connectivity index (χ2v) is 7.46. The van der Waals surface area contributed by atoms with Gasteiger partial charge in [-0.05, 0) is 28.7 Å². The van der Waals surface area contributed by atoms with E-state index in [0.717, 1.165) is 17.5 Å². The van der Waals surface area contributed by atoms with Crippen LogP contribution in [0.5, 0.6) is 0 Å². The Morgan fingerprint density at radius 3 is 1.02 bits per heavy atom. The van der Waals surface area contributed by atoms with Crippen molar-refractivity contribution in [1.82, 2.24) is 0 Å². The molecule has 0 spiro atoms. The third kappa shape index (κ3) is 19.1. The summed E-state index contributed by atoms with van der Waals surface area (Å²) in [6.07, 6.45) is 3.60. The van der Waals surface area contributed by atoms with Crippen molar-refractivity contribution in [3.8, 4) is 22.3 Å². The van der Waals surface area contributed by atoms with Gasteiger partial charge in [-0.2, -0.15) is 48.5 Å². The summed E-state index contributed by atoms with van der Waals surface area (Å²) in [5.41, 5.74) is 7.94. The Hall–Kier alpha value is -2.02. The second-order valence-electron chi connectivity index (χ2n) is 7.46. The van der Waals surface area contributed by atoms with E-state index < -0.39 is 0 Å². The predicted molar refractivity (Wildman–Crippen MR) is 188 cm³/mol. The molecule has 0 atom stereocenters. The Kier molecular flexibility index (Phi) is 47.4. The monoisotopic (exact) mass is 621 g/mol. The molecule has 0 saturated heterocycles. The normalized spacial score (nSPS) is 7.95. The first kappa shape index (κ1) is 54.1. The topological polar surface area (TPSA) is 0 Å². The molecule has 1 heteroatoms. The van der Waals surface area contributed by atoms with E-state index >= 15 is 0 Å². The second kappa shape index (κ2) is 35.0. The maximum atomic E-state index is 3.15. The number of hydrogen-bond donors (Lipinski definition) is 0. The molecular formula is C39H64Y-2. The molecule has 5 rings (SSSR count). The Balaban J connectivity index is -0.0000000762. The standard InChI is InChI=1S/C13H10.C12H8.2C3H8.C2H6.6CH4.Y/c1-3-7-12-10(5-1)9-11-6-2-4-8-13(11)12;1-3-7-11(8-4-1)12-9-5-2-6-10-12;2*1-3-2;1-2;;;;;;;/h1-8H,9H2;1-7,9H;2*3H2,1-2H3;1-2H3;6*1H4;/q;-2;;;;;;;;;;. The summed E-state index contributed by atoms with van der Waals surface area (Å²) in [5.74, 6) is 0. The first-order valence-electron chi connectivity index (χ1n) is 12.3. The van der Waals surface area contributed by atoms with Crippen LogP contribution in [0.25, 0.3) is 22.3 Å². The van der Waals surface area contributed by atoms with Crippen molar-refractivity contribution in [2.75, 3.05) is 0 Å². The fourth-order valence-corrected chi connectivity index (χ4v) is 3.20. The molecule has 0 aliphatic heterocycles. The molecule has 4 aromatic rings. The van der Waals surface area contributed by atoms with Crippen molar-refractivity contribution in [2.24, 2.45) is 0 Å². The van der Waals surface area contributed by atoms with Crippen molar-refractivity contribution in [2.45, 2.75) is 105 Å². The molecule has 1 radical (unpaired) electrons. The zero-order valence-electron chi connectivity index (χ0n) is 21.9. The van der Waals surface area contributed by atoms with Crippen molar-refractivity contribution in [1.29, 1.82) is 0 Å². The van der Waals surface area contributed by atoms with E-state index in [9.17, 15) is 0 Å². The predicted octanol–water partition coefficient (Wildman–Crippen LogP) is 13.9. The van der Waals surface area contributed by atoms with Gasteiger partial charge in [0.15, 0.2) is 0 Å². The minimum absolute atomic E-state index is 0. The average Bonchev–Trinajstić information content (AvgIpc) is 3.27. The van der Waals surface area contributed by atoms with Gasteiger partial charge in [0.2, 0.25) is 0 Å². The molecule has 0 heterocycles. The maximum Gasteiger partial charge on any atom is 0 e. The van der Waals surface area contributed by atoms with E-state index in [4.69, 9.17) is 0 Å². The van der Waals surface area contributed by atoms with Crippen LogP contribution in [0.2, 0.25) is 0 Å². The molecule has 0 unspecified atom stereocenters. The van der Waals surface area contributed by atoms with Crippen LogP contribution in [0.15, 0.2) is 97.1 Å². The molecule has 1 aliphatic rings. The van der Waals surface area contributed by atoms with Gasteiger partial charge in [0.25, 0.3) is 0 Å². The SMILES string of the molecule is C.C.C.C.C.C.CC.CCC.CCC.[Y].[c-]1ccccc1-c1[c-]cccc1.c1ccc2c(c1)Cc1ccccc1-2. The smallest absolute Gasteiger partial charge is 0 e. The summed E-state index contributed by atoms with van der Waals surface area (Å²) >= 11 is 0. The quantitative estimate of drug-likeness (QED) is 0.163. The van der Waals surface area contributed by atoms with E-state index in [1.54, 1.807) is 0 Å². The van der Waals surface area contributed by atoms with Crippen LogP contribution in [0.4, 0.5) is 0 Å². The molecule has 1 aliphatic carbocycles. The van der Waals surface area contributed by atoms with Gasteiger partial charge in [0.05, 0.1) is 0 Å². The zero-order valence-corrected chi connectivity index (χ0v) is 24.8. The molecule has 0 saturated carbocycles. The molecule has 40 heavy (non-hydrogen) atoms. The third-order valence-electron chi connectivity index (χ3n) is 4.41. The molecule has 0 aromatic heterocycles. The molecule has 4 aromatic carbocycles. The average molecular weight is 622 g/mol. The zero-order chi connectivity index (χ0) is 24.3. The summed E-state index contributed by atoms with van der Waals surface area (Å²) in [5, 5.41) is 0. The number of hydrogen-bond acceptors (Lipinski definition) is 0. The summed E-state index contributed by atoms with van der Waals surface area (Å²) in [6, 6.07) is 39.5. The summed E-state index contributed by atoms with van der Waals surface area (Å²) in [6.45, 7) is 12.5. The van der Waals surface area contributed by atoms with Gasteiger partial charge in [0.1, 0.15) is 0 Å². The molecule has 225 valence electrons. The van der Waals surface area contributed by atoms with Crippen molar-refractivity contribution in [3.05, 3.63) is 120 Å². The van der Waals surface area contributed by atoms with Crippen LogP contribution in [0, 0.1) is 12.1 Å². The minimum Gasteiger partial charge on any atom is -0.226 e. The third-order valence-corrected chi connectivity index (χ3v) is 4.41. The van der Waals surface area contributed by atoms with Crippen LogP contribution in [-0.4, -0.2) is 0 Å². The molecule has 0 bridgehead atoms. The molecule has 0 fully saturated rings. The van der Waals surface area contributed by atoms with Gasteiger partial charge < -0.3 is 0 Å². The Morgan fingerprint density at radius 2 is 0.750 bits per heavy atom. The van der Waals surface area contributed by atoms with Crippen LogP contribution < -0.4 is 0 Å². The van der Waals surface area contributed by atoms with E-state index in [-0.39, 0.29) is 77.3 Å². The fraction of sp³-hybridized carbons (Fsp3) is 0.385. The summed E-state index contributed by atoms with van der Waals surface area (Å²) in [4.78, 5) is 0. The van der Waals surface area contributed by atoms with Crippen molar-refractivity contribution in [3.63, 3.8) is 0 Å². The van der Waals surface area contributed by atoms with Crippen LogP contribution in [-0.2, 0) is 39.1 Å². The van der Waals surface area contributed by atoms with E-state index in [0.29, 0.717) is 0 Å². The van der Waals surface area contributed by atoms with Crippen LogP contribution in [0.1, 0.15) is 110 Å². The first-order valence-corrected chi connectivity index (χ1v) is 12.3. The van der Waals surface area contributed by atoms with Gasteiger partial charge in [-0.3, -0.25) is 0 Å². The van der Waals surface area contributed by atoms with Crippen LogP contribution >= 0.6 is 0 Å². The largest absolute Gasteiger partial charge is 0.226 e. The number of benzene rings is 4. The first-order chi connectivity index (χ1) is 16.2. The molecular weight excluding hydrogens is 557 g/mol. The van der Waals surface area contributed by atoms with E-state index in [1.165, 1.54) is 35.1 Å². The van der Waals surface area contributed by atoms with Crippen LogP contribution in [0.3, 0.4) is 0 Å². The summed E-state index contributed by atoms with van der Waals surface area (Å²) < 4.78 is 0. The number of rotatable bonds is 1. The van der Waals surface area contributed by atoms with E-state index in [2.05, 4.69) is 88.4 Å². The minimum atomic E-state index is 0. The van der Waals surface area contributed by atoms with Crippen molar-refractivity contribution >= 4 is 0 Å². The van der Waals surface area contributed by atoms with Crippen molar-refractivity contribution < 1.29 is 32.7 Å². The fourth-order valence-electron chi connectivity index (χ4n) is 3.20. The Labute approximate surface area is 279 Å². The van der Waals surface area contributed by atoms with Gasteiger partial charge in [-0.25, -0.2) is 11.1 Å². The molecule has 0 amide bonds. The van der Waals surface area contributed by atoms with Gasteiger partial charge >= 0.3 is 0 Å². The maximum absolute atomic E-state index is 3.15. The van der Waals surface area contributed by atoms with E-state index in [1.807, 2.05) is 62.4 Å². The molecule has 0 N–H and O–H groups in total.